The number of aryl methyl sites for hydroxylation is 1. The molecule has 3 aromatic rings. The number of halogens is 1. The van der Waals surface area contributed by atoms with Crippen molar-refractivity contribution >= 4 is 22.5 Å². The zero-order chi connectivity index (χ0) is 11.1. The van der Waals surface area contributed by atoms with Crippen LogP contribution in [0.4, 0.5) is 0 Å². The molecule has 3 rings (SSSR count). The summed E-state index contributed by atoms with van der Waals surface area (Å²) in [7, 11) is 0. The summed E-state index contributed by atoms with van der Waals surface area (Å²) in [6.07, 6.45) is 1.79. The van der Waals surface area contributed by atoms with Crippen molar-refractivity contribution in [1.29, 1.82) is 0 Å². The van der Waals surface area contributed by atoms with Gasteiger partial charge in [0.05, 0.1) is 17.4 Å². The average Bonchev–Trinajstić information content (AvgIpc) is 2.83. The molecule has 0 saturated carbocycles. The summed E-state index contributed by atoms with van der Waals surface area (Å²) in [4.78, 5) is 7.29. The van der Waals surface area contributed by atoms with E-state index in [1.54, 1.807) is 6.20 Å². The number of nitrogens with zero attached hydrogens (tertiary/aromatic N) is 2. The average molecular weight is 233 g/mol. The lowest BCUT2D eigenvalue weighted by atomic mass is 10.1. The topological polar surface area (TPSA) is 57.4 Å². The van der Waals surface area contributed by atoms with Gasteiger partial charge in [-0.05, 0) is 19.1 Å². The van der Waals surface area contributed by atoms with E-state index in [1.165, 1.54) is 0 Å². The van der Waals surface area contributed by atoms with Gasteiger partial charge in [0, 0.05) is 10.9 Å². The second kappa shape index (κ2) is 3.35. The molecular formula is C11H9ClN4. The van der Waals surface area contributed by atoms with Crippen molar-refractivity contribution < 1.29 is 0 Å². The maximum Gasteiger partial charge on any atom is 0.155 e. The normalized spacial score (nSPS) is 11.1. The van der Waals surface area contributed by atoms with Crippen LogP contribution in [0.25, 0.3) is 22.2 Å². The zero-order valence-corrected chi connectivity index (χ0v) is 9.34. The molecule has 0 unspecified atom stereocenters. The highest BCUT2D eigenvalue weighted by Crippen LogP contribution is 2.27. The molecule has 0 spiro atoms. The van der Waals surface area contributed by atoms with E-state index >= 15 is 0 Å². The fourth-order valence-electron chi connectivity index (χ4n) is 1.75. The van der Waals surface area contributed by atoms with Crippen molar-refractivity contribution in [3.05, 3.63) is 35.4 Å². The Morgan fingerprint density at radius 3 is 2.94 bits per heavy atom. The van der Waals surface area contributed by atoms with E-state index in [1.807, 2.05) is 25.1 Å². The predicted octanol–water partition coefficient (Wildman–Crippen LogP) is 2.91. The summed E-state index contributed by atoms with van der Waals surface area (Å²) in [5, 5.41) is 8.45. The standard InChI is InChI=1S/C11H9ClN4/c1-6-14-10(11(12)15-6)7-2-3-9-8(4-7)5-13-16-9/h2-5H,1H3,(H,13,16)(H,14,15). The van der Waals surface area contributed by atoms with E-state index in [0.717, 1.165) is 28.0 Å². The van der Waals surface area contributed by atoms with Gasteiger partial charge in [-0.15, -0.1) is 0 Å². The van der Waals surface area contributed by atoms with Gasteiger partial charge in [0.25, 0.3) is 0 Å². The van der Waals surface area contributed by atoms with Gasteiger partial charge in [0.2, 0.25) is 0 Å². The van der Waals surface area contributed by atoms with E-state index in [2.05, 4.69) is 20.2 Å². The van der Waals surface area contributed by atoms with Crippen LogP contribution in [-0.4, -0.2) is 20.2 Å². The number of imidazole rings is 1. The molecule has 4 nitrogen and oxygen atoms in total. The van der Waals surface area contributed by atoms with Gasteiger partial charge in [-0.1, -0.05) is 17.7 Å². The minimum Gasteiger partial charge on any atom is -0.341 e. The van der Waals surface area contributed by atoms with Crippen molar-refractivity contribution in [3.63, 3.8) is 0 Å². The molecule has 2 heterocycles. The van der Waals surface area contributed by atoms with Gasteiger partial charge >= 0.3 is 0 Å². The summed E-state index contributed by atoms with van der Waals surface area (Å²) in [6.45, 7) is 1.88. The minimum absolute atomic E-state index is 0.500. The first-order chi connectivity index (χ1) is 7.74. The molecule has 0 aliphatic carbocycles. The lowest BCUT2D eigenvalue weighted by Crippen LogP contribution is -1.79. The van der Waals surface area contributed by atoms with Gasteiger partial charge in [0.1, 0.15) is 5.82 Å². The first kappa shape index (κ1) is 9.42. The van der Waals surface area contributed by atoms with E-state index in [4.69, 9.17) is 11.6 Å². The maximum absolute atomic E-state index is 6.04. The third-order valence-electron chi connectivity index (χ3n) is 2.51. The highest BCUT2D eigenvalue weighted by Gasteiger charge is 2.08. The number of rotatable bonds is 1. The monoisotopic (exact) mass is 232 g/mol. The number of hydrogen-bond acceptors (Lipinski definition) is 2. The fraction of sp³-hybridized carbons (Fsp3) is 0.0909. The molecule has 0 radical (unpaired) electrons. The Labute approximate surface area is 96.7 Å². The van der Waals surface area contributed by atoms with Gasteiger partial charge in [-0.2, -0.15) is 5.10 Å². The first-order valence-corrected chi connectivity index (χ1v) is 5.27. The Hall–Kier alpha value is -1.81. The molecular weight excluding hydrogens is 224 g/mol. The predicted molar refractivity (Wildman–Crippen MR) is 63.4 cm³/mol. The van der Waals surface area contributed by atoms with E-state index in [-0.39, 0.29) is 0 Å². The van der Waals surface area contributed by atoms with E-state index in [9.17, 15) is 0 Å². The lowest BCUT2D eigenvalue weighted by molar-refractivity contribution is 1.12. The number of nitrogens with one attached hydrogen (secondary N) is 2. The van der Waals surface area contributed by atoms with Gasteiger partial charge in [0.15, 0.2) is 5.15 Å². The second-order valence-electron chi connectivity index (χ2n) is 3.66. The molecule has 0 aliphatic heterocycles. The van der Waals surface area contributed by atoms with Crippen LogP contribution in [0.2, 0.25) is 5.15 Å². The Morgan fingerprint density at radius 2 is 2.19 bits per heavy atom. The highest BCUT2D eigenvalue weighted by molar-refractivity contribution is 6.32. The van der Waals surface area contributed by atoms with Crippen LogP contribution in [0.3, 0.4) is 0 Å². The van der Waals surface area contributed by atoms with Crippen molar-refractivity contribution in [1.82, 2.24) is 20.2 Å². The molecule has 0 fully saturated rings. The van der Waals surface area contributed by atoms with E-state index < -0.39 is 0 Å². The first-order valence-electron chi connectivity index (χ1n) is 4.89. The molecule has 80 valence electrons. The summed E-state index contributed by atoms with van der Waals surface area (Å²) in [6, 6.07) is 5.99. The Bertz CT molecular complexity index is 653. The smallest absolute Gasteiger partial charge is 0.155 e. The van der Waals surface area contributed by atoms with Crippen LogP contribution < -0.4 is 0 Å². The molecule has 2 N–H and O–H groups in total. The number of aromatic nitrogens is 4. The zero-order valence-electron chi connectivity index (χ0n) is 8.58. The Kier molecular flexibility index (Phi) is 1.97. The minimum atomic E-state index is 0.500. The molecule has 0 aliphatic rings. The van der Waals surface area contributed by atoms with Crippen molar-refractivity contribution in [2.75, 3.05) is 0 Å². The number of hydrogen-bond donors (Lipinski definition) is 2. The van der Waals surface area contributed by atoms with Crippen molar-refractivity contribution in [2.24, 2.45) is 0 Å². The van der Waals surface area contributed by atoms with Crippen molar-refractivity contribution in [2.45, 2.75) is 6.92 Å². The molecule has 1 aromatic carbocycles. The largest absolute Gasteiger partial charge is 0.341 e. The highest BCUT2D eigenvalue weighted by atomic mass is 35.5. The SMILES string of the molecule is Cc1nc(Cl)c(-c2ccc3[nH]ncc3c2)[nH]1. The van der Waals surface area contributed by atoms with Crippen LogP contribution in [0.5, 0.6) is 0 Å². The number of fused-ring (bicyclic) bond motifs is 1. The van der Waals surface area contributed by atoms with Gasteiger partial charge in [-0.25, -0.2) is 4.98 Å². The molecule has 0 bridgehead atoms. The summed E-state index contributed by atoms with van der Waals surface area (Å²) >= 11 is 6.04. The molecule has 0 atom stereocenters. The van der Waals surface area contributed by atoms with Crippen LogP contribution in [0.15, 0.2) is 24.4 Å². The number of aromatic amines is 2. The van der Waals surface area contributed by atoms with Crippen LogP contribution in [0, 0.1) is 6.92 Å². The van der Waals surface area contributed by atoms with Gasteiger partial charge in [-0.3, -0.25) is 5.10 Å². The Morgan fingerprint density at radius 1 is 1.31 bits per heavy atom. The van der Waals surface area contributed by atoms with Gasteiger partial charge < -0.3 is 4.98 Å². The van der Waals surface area contributed by atoms with Crippen molar-refractivity contribution in [3.8, 4) is 11.3 Å². The third-order valence-corrected chi connectivity index (χ3v) is 2.78. The summed E-state index contributed by atoms with van der Waals surface area (Å²) in [5.41, 5.74) is 2.87. The third kappa shape index (κ3) is 1.39. The van der Waals surface area contributed by atoms with E-state index in [0.29, 0.717) is 5.15 Å². The van der Waals surface area contributed by atoms with Crippen LogP contribution in [0.1, 0.15) is 5.82 Å². The lowest BCUT2D eigenvalue weighted by Gasteiger charge is -1.98. The molecule has 0 saturated heterocycles. The quantitative estimate of drug-likeness (QED) is 0.678. The molecule has 5 heteroatoms. The fourth-order valence-corrected chi connectivity index (χ4v) is 2.04. The van der Waals surface area contributed by atoms with Crippen LogP contribution >= 0.6 is 11.6 Å². The molecule has 0 amide bonds. The molecule has 2 aromatic heterocycles. The molecule has 16 heavy (non-hydrogen) atoms. The summed E-state index contributed by atoms with van der Waals surface area (Å²) in [5.74, 6) is 0.812. The Balaban J connectivity index is 2.21. The summed E-state index contributed by atoms with van der Waals surface area (Å²) < 4.78 is 0. The number of H-pyrrole nitrogens is 2. The number of benzene rings is 1. The maximum atomic E-state index is 6.04. The second-order valence-corrected chi connectivity index (χ2v) is 4.02. The van der Waals surface area contributed by atoms with Crippen LogP contribution in [-0.2, 0) is 0 Å².